The maximum atomic E-state index is 11.5. The first-order valence-corrected chi connectivity index (χ1v) is 27.7. The van der Waals surface area contributed by atoms with Gasteiger partial charge in [0.2, 0.25) is 0 Å². The SMILES string of the molecule is CC(=O)SCCCCCC(=O)O.CC(=O)SCCCCCC(=O)OCCO.CC(=O)SCCCCCC(=O)OCCOC(=O)Oc1ccc([N+](=O)[O-])cc1.NCC(=O)OCCOC(=O)CCCCCS.NN.OCCO. The number of esters is 4. The summed E-state index contributed by atoms with van der Waals surface area (Å²) in [5, 5.41) is 42.8. The Balaban J connectivity index is -0.000000298. The molecule has 29 heteroatoms. The summed E-state index contributed by atoms with van der Waals surface area (Å²) in [4.78, 5) is 107. The lowest BCUT2D eigenvalue weighted by Crippen LogP contribution is -2.20. The van der Waals surface area contributed by atoms with Gasteiger partial charge in [-0.3, -0.25) is 60.2 Å². The molecule has 0 saturated carbocycles. The fourth-order valence-corrected chi connectivity index (χ4v) is 6.78. The molecule has 25 nitrogen and oxygen atoms in total. The van der Waals surface area contributed by atoms with E-state index in [-0.39, 0.29) is 117 Å². The second-order valence-corrected chi connectivity index (χ2v) is 18.9. The zero-order valence-electron chi connectivity index (χ0n) is 43.9. The number of ether oxygens (including phenoxy) is 6. The Morgan fingerprint density at radius 2 is 0.882 bits per heavy atom. The van der Waals surface area contributed by atoms with Crippen LogP contribution in [0.2, 0.25) is 0 Å². The summed E-state index contributed by atoms with van der Waals surface area (Å²) in [5.41, 5.74) is 4.89. The fraction of sp³-hybridized carbons (Fsp3) is 0.681. The fourth-order valence-electron chi connectivity index (χ4n) is 4.65. The third-order valence-electron chi connectivity index (χ3n) is 8.09. The van der Waals surface area contributed by atoms with Gasteiger partial charge in [-0.2, -0.15) is 12.6 Å². The van der Waals surface area contributed by atoms with Crippen molar-refractivity contribution in [3.05, 3.63) is 34.4 Å². The summed E-state index contributed by atoms with van der Waals surface area (Å²) in [6, 6.07) is 4.94. The molecule has 1 aromatic rings. The molecule has 0 spiro atoms. The Labute approximate surface area is 463 Å². The van der Waals surface area contributed by atoms with Gasteiger partial charge in [0.15, 0.2) is 15.3 Å². The number of rotatable bonds is 35. The van der Waals surface area contributed by atoms with E-state index < -0.39 is 23.0 Å². The Kier molecular flexibility index (Phi) is 66.5. The molecular formula is C47H82N4O21S4. The summed E-state index contributed by atoms with van der Waals surface area (Å²) >= 11 is 7.95. The number of hydrogen-bond acceptors (Lipinski definition) is 27. The molecule has 10 N–H and O–H groups in total. The van der Waals surface area contributed by atoms with E-state index in [1.165, 1.54) is 66.5 Å². The molecule has 0 heterocycles. The first kappa shape index (κ1) is 80.3. The minimum absolute atomic E-state index is 0.0679. The van der Waals surface area contributed by atoms with Crippen molar-refractivity contribution >= 4 is 105 Å². The summed E-state index contributed by atoms with van der Waals surface area (Å²) in [7, 11) is 0. The van der Waals surface area contributed by atoms with Gasteiger partial charge in [0.05, 0.1) is 31.3 Å². The van der Waals surface area contributed by atoms with Crippen molar-refractivity contribution in [1.82, 2.24) is 0 Å². The zero-order chi connectivity index (χ0) is 58.6. The van der Waals surface area contributed by atoms with E-state index in [0.29, 0.717) is 25.7 Å². The van der Waals surface area contributed by atoms with Crippen molar-refractivity contribution in [2.75, 3.05) is 82.4 Å². The monoisotopic (exact) mass is 1170 g/mol. The van der Waals surface area contributed by atoms with Crippen LogP contribution in [0.1, 0.15) is 124 Å². The largest absolute Gasteiger partial charge is 0.513 e. The highest BCUT2D eigenvalue weighted by Gasteiger charge is 2.11. The van der Waals surface area contributed by atoms with E-state index in [0.717, 1.165) is 87.2 Å². The van der Waals surface area contributed by atoms with Crippen LogP contribution in [0.4, 0.5) is 10.5 Å². The second-order valence-electron chi connectivity index (χ2n) is 14.6. The molecule has 0 saturated heterocycles. The highest BCUT2D eigenvalue weighted by Crippen LogP contribution is 2.18. The number of aliphatic hydroxyl groups excluding tert-OH is 3. The number of nitro benzene ring substituents is 1. The van der Waals surface area contributed by atoms with Crippen molar-refractivity contribution in [3.8, 4) is 5.75 Å². The molecule has 0 aliphatic heterocycles. The van der Waals surface area contributed by atoms with Gasteiger partial charge < -0.3 is 54.6 Å². The number of unbranched alkanes of at least 4 members (excludes halogenated alkanes) is 8. The molecule has 1 aromatic carbocycles. The Morgan fingerprint density at radius 1 is 0.526 bits per heavy atom. The summed E-state index contributed by atoms with van der Waals surface area (Å²) in [6.07, 6.45) is 10.6. The quantitative estimate of drug-likeness (QED) is 0.00642. The number of hydrogen-bond donors (Lipinski definition) is 8. The molecule has 0 unspecified atom stereocenters. The molecule has 0 atom stereocenters. The standard InChI is InChI=1S/C17H21NO8S.C10H19NO4S.C10H18O4S.C8H14O3S.C2H6O2.H4N2/c1-13(19)27-12-4-2-3-5-16(20)24-10-11-25-17(21)26-15-8-6-14(7-9-15)18(22)23;11-8-10(13)15-6-5-14-9(12)4-2-1-3-7-16;1-9(12)15-8-4-2-3-5-10(13)14-7-6-11;1-7(9)12-6-4-2-3-5-8(10)11;3-1-2-4;1-2/h6-9H,2-5,10-12H2,1H3;16H,1-8,11H2;11H,2-8H2,1H3;2-6H2,1H3,(H,10,11);3-4H,1-2H2;1-2H2. The molecular weight excluding hydrogens is 1080 g/mol. The molecule has 0 aliphatic rings. The number of aliphatic carboxylic acids is 1. The average molecular weight is 1170 g/mol. The maximum absolute atomic E-state index is 11.5. The maximum Gasteiger partial charge on any atom is 0.513 e. The smallest absolute Gasteiger partial charge is 0.481 e. The first-order chi connectivity index (χ1) is 36.3. The van der Waals surface area contributed by atoms with Crippen molar-refractivity contribution < 1.29 is 96.9 Å². The minimum atomic E-state index is -0.997. The number of carbonyl (C=O) groups is 9. The number of carbonyl (C=O) groups excluding carboxylic acids is 8. The van der Waals surface area contributed by atoms with E-state index in [4.69, 9.17) is 45.1 Å². The van der Waals surface area contributed by atoms with Crippen LogP contribution in [0, 0.1) is 10.1 Å². The summed E-state index contributed by atoms with van der Waals surface area (Å²) in [5.74, 6) is 9.17. The number of nitrogens with zero attached hydrogens (tertiary/aromatic N) is 1. The number of non-ortho nitro benzene ring substituents is 1. The van der Waals surface area contributed by atoms with E-state index in [1.807, 2.05) is 0 Å². The van der Waals surface area contributed by atoms with Crippen LogP contribution in [0.25, 0.3) is 0 Å². The van der Waals surface area contributed by atoms with Crippen LogP contribution in [0.5, 0.6) is 5.75 Å². The van der Waals surface area contributed by atoms with Crippen molar-refractivity contribution in [2.24, 2.45) is 17.4 Å². The normalized spacial score (nSPS) is 9.66. The van der Waals surface area contributed by atoms with Gasteiger partial charge in [-0.15, -0.1) is 0 Å². The number of thioether (sulfide) groups is 3. The number of nitrogens with two attached hydrogens (primary N) is 3. The molecule has 0 amide bonds. The highest BCUT2D eigenvalue weighted by atomic mass is 32.2. The number of aliphatic hydroxyl groups is 3. The molecule has 0 aromatic heterocycles. The Bertz CT molecular complexity index is 1670. The van der Waals surface area contributed by atoms with E-state index in [9.17, 15) is 53.3 Å². The average Bonchev–Trinajstić information content (AvgIpc) is 3.38. The second kappa shape index (κ2) is 62.9. The lowest BCUT2D eigenvalue weighted by molar-refractivity contribution is -0.384. The third kappa shape index (κ3) is 71.5. The van der Waals surface area contributed by atoms with E-state index in [1.54, 1.807) is 13.8 Å². The van der Waals surface area contributed by atoms with Crippen LogP contribution >= 0.6 is 47.9 Å². The number of carboxylic acid groups (broad SMARTS) is 1. The Hall–Kier alpha value is -4.59. The van der Waals surface area contributed by atoms with Crippen LogP contribution in [-0.4, -0.2) is 159 Å². The minimum Gasteiger partial charge on any atom is -0.481 e. The highest BCUT2D eigenvalue weighted by molar-refractivity contribution is 8.14. The summed E-state index contributed by atoms with van der Waals surface area (Å²) in [6.45, 7) is 4.08. The predicted octanol–water partition coefficient (Wildman–Crippen LogP) is 5.08. The van der Waals surface area contributed by atoms with Gasteiger partial charge in [0, 0.05) is 75.8 Å². The lowest BCUT2D eigenvalue weighted by Gasteiger charge is -2.07. The molecule has 440 valence electrons. The molecule has 0 fully saturated rings. The van der Waals surface area contributed by atoms with E-state index in [2.05, 4.69) is 33.8 Å². The van der Waals surface area contributed by atoms with Crippen LogP contribution in [0.15, 0.2) is 24.3 Å². The van der Waals surface area contributed by atoms with Crippen LogP contribution in [0.3, 0.4) is 0 Å². The molecule has 76 heavy (non-hydrogen) atoms. The molecule has 0 aliphatic carbocycles. The van der Waals surface area contributed by atoms with Gasteiger partial charge in [-0.1, -0.05) is 61.0 Å². The number of carboxylic acids is 1. The van der Waals surface area contributed by atoms with Gasteiger partial charge in [-0.25, -0.2) is 4.79 Å². The molecule has 0 bridgehead atoms. The van der Waals surface area contributed by atoms with Crippen molar-refractivity contribution in [3.63, 3.8) is 0 Å². The zero-order valence-corrected chi connectivity index (χ0v) is 47.2. The third-order valence-corrected chi connectivity index (χ3v) is 11.1. The van der Waals surface area contributed by atoms with Gasteiger partial charge in [0.1, 0.15) is 38.8 Å². The summed E-state index contributed by atoms with van der Waals surface area (Å²) < 4.78 is 28.7. The first-order valence-electron chi connectivity index (χ1n) is 24.1. The van der Waals surface area contributed by atoms with Crippen molar-refractivity contribution in [1.29, 1.82) is 0 Å². The Morgan fingerprint density at radius 3 is 1.21 bits per heavy atom. The van der Waals surface area contributed by atoms with Gasteiger partial charge in [0.25, 0.3) is 5.69 Å². The predicted molar refractivity (Wildman–Crippen MR) is 292 cm³/mol. The van der Waals surface area contributed by atoms with Gasteiger partial charge in [-0.05, 0) is 69.3 Å². The number of benzene rings is 1. The van der Waals surface area contributed by atoms with Gasteiger partial charge >= 0.3 is 36.0 Å². The number of thiol groups is 1. The van der Waals surface area contributed by atoms with Crippen LogP contribution < -0.4 is 22.2 Å². The number of hydrazine groups is 1. The van der Waals surface area contributed by atoms with E-state index >= 15 is 0 Å². The van der Waals surface area contributed by atoms with Crippen LogP contribution in [-0.2, 0) is 62.0 Å². The lowest BCUT2D eigenvalue weighted by atomic mass is 10.2. The topological polar surface area (TPSA) is 411 Å². The molecule has 0 radical (unpaired) electrons. The molecule has 1 rings (SSSR count). The number of nitro groups is 1. The van der Waals surface area contributed by atoms with Crippen molar-refractivity contribution in [2.45, 2.75) is 124 Å².